The van der Waals surface area contributed by atoms with Crippen molar-refractivity contribution in [3.8, 4) is 0 Å². The molecule has 0 aliphatic carbocycles. The largest absolute Gasteiger partial charge is 0.481 e. The lowest BCUT2D eigenvalue weighted by atomic mass is 10.0. The summed E-state index contributed by atoms with van der Waals surface area (Å²) in [6.07, 6.45) is 0.601. The van der Waals surface area contributed by atoms with Gasteiger partial charge in [0.1, 0.15) is 6.04 Å². The van der Waals surface area contributed by atoms with Crippen molar-refractivity contribution in [2.45, 2.75) is 26.3 Å². The van der Waals surface area contributed by atoms with E-state index in [4.69, 9.17) is 0 Å². The number of carbonyl (C=O) groups excluding carboxylic acids is 1. The number of likely N-dealkylation sites (tertiary alicyclic amines) is 1. The predicted molar refractivity (Wildman–Crippen MR) is 84.4 cm³/mol. The highest BCUT2D eigenvalue weighted by Gasteiger charge is 2.37. The monoisotopic (exact) mass is 304 g/mol. The average Bonchev–Trinajstić information content (AvgIpc) is 3.00. The van der Waals surface area contributed by atoms with E-state index in [-0.39, 0.29) is 17.9 Å². The van der Waals surface area contributed by atoms with Crippen LogP contribution in [0.3, 0.4) is 0 Å². The fourth-order valence-electron chi connectivity index (χ4n) is 3.08. The van der Waals surface area contributed by atoms with Crippen LogP contribution in [-0.4, -0.2) is 53.0 Å². The Morgan fingerprint density at radius 2 is 1.91 bits per heavy atom. The maximum atomic E-state index is 12.9. The molecule has 1 saturated heterocycles. The number of carboxylic acids is 1. The quantitative estimate of drug-likeness (QED) is 0.873. The van der Waals surface area contributed by atoms with Crippen LogP contribution in [0.4, 0.5) is 0 Å². The van der Waals surface area contributed by atoms with Crippen LogP contribution in [0.5, 0.6) is 0 Å². The van der Waals surface area contributed by atoms with Gasteiger partial charge in [-0.15, -0.1) is 0 Å². The molecule has 1 aliphatic rings. The molecule has 1 N–H and O–H groups in total. The topological polar surface area (TPSA) is 60.9 Å². The van der Waals surface area contributed by atoms with Crippen LogP contribution in [0.2, 0.25) is 0 Å². The summed E-state index contributed by atoms with van der Waals surface area (Å²) in [4.78, 5) is 27.9. The predicted octanol–water partition coefficient (Wildman–Crippen LogP) is 2.00. The van der Waals surface area contributed by atoms with Crippen molar-refractivity contribution in [1.82, 2.24) is 9.80 Å². The number of hydrogen-bond donors (Lipinski definition) is 1. The van der Waals surface area contributed by atoms with Crippen LogP contribution >= 0.6 is 0 Å². The van der Waals surface area contributed by atoms with Crippen LogP contribution in [0.15, 0.2) is 30.3 Å². The Balaban J connectivity index is 2.27. The molecule has 2 rings (SSSR count). The molecule has 0 spiro atoms. The number of amides is 1. The van der Waals surface area contributed by atoms with E-state index in [1.54, 1.807) is 0 Å². The molecule has 22 heavy (non-hydrogen) atoms. The lowest BCUT2D eigenvalue weighted by molar-refractivity contribution is -0.142. The number of carboxylic acid groups (broad SMARTS) is 1. The van der Waals surface area contributed by atoms with Gasteiger partial charge < -0.3 is 10.0 Å². The minimum atomic E-state index is -0.774. The molecule has 0 bridgehead atoms. The highest BCUT2D eigenvalue weighted by atomic mass is 16.4. The number of likely N-dealkylation sites (N-methyl/N-ethyl adjacent to an activating group) is 1. The minimum absolute atomic E-state index is 0.0576. The Hall–Kier alpha value is -1.88. The Morgan fingerprint density at radius 1 is 1.27 bits per heavy atom. The maximum Gasteiger partial charge on any atom is 0.307 e. The second-order valence-corrected chi connectivity index (χ2v) is 5.64. The highest BCUT2D eigenvalue weighted by molar-refractivity contribution is 5.83. The highest BCUT2D eigenvalue weighted by Crippen LogP contribution is 2.29. The standard InChI is InChI=1S/C17H24N2O3/c1-3-18(4-2)16(20)15(13-8-6-5-7-9-13)19-11-10-14(12-19)17(21)22/h5-9,14-15H,3-4,10-12H2,1-2H3,(H,21,22). The zero-order valence-electron chi connectivity index (χ0n) is 13.2. The van der Waals surface area contributed by atoms with Crippen molar-refractivity contribution in [3.05, 3.63) is 35.9 Å². The number of hydrogen-bond acceptors (Lipinski definition) is 3. The molecule has 5 heteroatoms. The van der Waals surface area contributed by atoms with Crippen LogP contribution in [0, 0.1) is 5.92 Å². The van der Waals surface area contributed by atoms with E-state index < -0.39 is 5.97 Å². The van der Waals surface area contributed by atoms with Gasteiger partial charge in [-0.1, -0.05) is 30.3 Å². The SMILES string of the molecule is CCN(CC)C(=O)C(c1ccccc1)N1CCC(C(=O)O)C1. The first-order valence-electron chi connectivity index (χ1n) is 7.89. The van der Waals surface area contributed by atoms with E-state index >= 15 is 0 Å². The van der Waals surface area contributed by atoms with E-state index in [1.807, 2.05) is 54.0 Å². The molecule has 1 fully saturated rings. The zero-order valence-corrected chi connectivity index (χ0v) is 13.2. The van der Waals surface area contributed by atoms with E-state index in [2.05, 4.69) is 0 Å². The van der Waals surface area contributed by atoms with Gasteiger partial charge in [-0.05, 0) is 25.8 Å². The van der Waals surface area contributed by atoms with Gasteiger partial charge in [0.05, 0.1) is 5.92 Å². The molecule has 0 saturated carbocycles. The molecular weight excluding hydrogens is 280 g/mol. The first kappa shape index (κ1) is 16.5. The summed E-state index contributed by atoms with van der Waals surface area (Å²) < 4.78 is 0. The second kappa shape index (κ2) is 7.40. The van der Waals surface area contributed by atoms with Gasteiger partial charge in [0.25, 0.3) is 0 Å². The third kappa shape index (κ3) is 3.47. The number of carbonyl (C=O) groups is 2. The summed E-state index contributed by atoms with van der Waals surface area (Å²) in [6, 6.07) is 9.27. The normalized spacial score (nSPS) is 19.8. The summed E-state index contributed by atoms with van der Waals surface area (Å²) in [5.41, 5.74) is 0.936. The third-order valence-electron chi connectivity index (χ3n) is 4.36. The summed E-state index contributed by atoms with van der Waals surface area (Å²) in [6.45, 7) is 6.33. The number of aliphatic carboxylic acids is 1. The third-order valence-corrected chi connectivity index (χ3v) is 4.36. The van der Waals surface area contributed by atoms with Crippen molar-refractivity contribution in [2.24, 2.45) is 5.92 Å². The first-order chi connectivity index (χ1) is 10.6. The van der Waals surface area contributed by atoms with Gasteiger partial charge >= 0.3 is 5.97 Å². The molecule has 1 amide bonds. The van der Waals surface area contributed by atoms with Crippen LogP contribution in [-0.2, 0) is 9.59 Å². The van der Waals surface area contributed by atoms with Crippen molar-refractivity contribution in [3.63, 3.8) is 0 Å². The minimum Gasteiger partial charge on any atom is -0.481 e. The van der Waals surface area contributed by atoms with Crippen molar-refractivity contribution >= 4 is 11.9 Å². The Kier molecular flexibility index (Phi) is 5.55. The van der Waals surface area contributed by atoms with Crippen LogP contribution in [0.25, 0.3) is 0 Å². The summed E-state index contributed by atoms with van der Waals surface area (Å²) in [7, 11) is 0. The Labute approximate surface area is 131 Å². The van der Waals surface area contributed by atoms with Gasteiger partial charge in [-0.3, -0.25) is 14.5 Å². The molecule has 2 unspecified atom stereocenters. The molecule has 0 aromatic heterocycles. The summed E-state index contributed by atoms with van der Waals surface area (Å²) in [5, 5.41) is 9.20. The van der Waals surface area contributed by atoms with Crippen molar-refractivity contribution in [2.75, 3.05) is 26.2 Å². The number of benzene rings is 1. The van der Waals surface area contributed by atoms with E-state index in [0.717, 1.165) is 5.56 Å². The molecule has 1 aliphatic heterocycles. The van der Waals surface area contributed by atoms with Crippen LogP contribution < -0.4 is 0 Å². The van der Waals surface area contributed by atoms with E-state index in [0.29, 0.717) is 32.6 Å². The number of rotatable bonds is 6. The molecule has 5 nitrogen and oxygen atoms in total. The lowest BCUT2D eigenvalue weighted by Gasteiger charge is -2.31. The summed E-state index contributed by atoms with van der Waals surface area (Å²) >= 11 is 0. The van der Waals surface area contributed by atoms with Crippen molar-refractivity contribution in [1.29, 1.82) is 0 Å². The molecule has 1 heterocycles. The Morgan fingerprint density at radius 3 is 2.41 bits per heavy atom. The van der Waals surface area contributed by atoms with Gasteiger partial charge in [0.2, 0.25) is 5.91 Å². The zero-order chi connectivity index (χ0) is 16.1. The second-order valence-electron chi connectivity index (χ2n) is 5.64. The molecule has 0 radical (unpaired) electrons. The molecular formula is C17H24N2O3. The van der Waals surface area contributed by atoms with Crippen LogP contribution in [0.1, 0.15) is 31.9 Å². The number of nitrogens with zero attached hydrogens (tertiary/aromatic N) is 2. The average molecular weight is 304 g/mol. The maximum absolute atomic E-state index is 12.9. The van der Waals surface area contributed by atoms with Gasteiger partial charge in [0, 0.05) is 26.2 Å². The van der Waals surface area contributed by atoms with E-state index in [1.165, 1.54) is 0 Å². The Bertz CT molecular complexity index is 514. The smallest absolute Gasteiger partial charge is 0.307 e. The lowest BCUT2D eigenvalue weighted by Crippen LogP contribution is -2.42. The van der Waals surface area contributed by atoms with E-state index in [9.17, 15) is 14.7 Å². The molecule has 1 aromatic rings. The molecule has 120 valence electrons. The molecule has 1 aromatic carbocycles. The van der Waals surface area contributed by atoms with Gasteiger partial charge in [0.15, 0.2) is 0 Å². The molecule has 2 atom stereocenters. The van der Waals surface area contributed by atoms with Gasteiger partial charge in [-0.2, -0.15) is 0 Å². The first-order valence-corrected chi connectivity index (χ1v) is 7.89. The van der Waals surface area contributed by atoms with Crippen molar-refractivity contribution < 1.29 is 14.7 Å². The fourth-order valence-corrected chi connectivity index (χ4v) is 3.08. The fraction of sp³-hybridized carbons (Fsp3) is 0.529. The summed E-state index contributed by atoms with van der Waals surface area (Å²) in [5.74, 6) is -1.09. The van der Waals surface area contributed by atoms with Gasteiger partial charge in [-0.25, -0.2) is 0 Å².